The average Bonchev–Trinajstić information content (AvgIpc) is 2.49. The van der Waals surface area contributed by atoms with Gasteiger partial charge in [0.05, 0.1) is 16.6 Å². The van der Waals surface area contributed by atoms with Crippen LogP contribution in [0.1, 0.15) is 26.2 Å². The third-order valence-electron chi connectivity index (χ3n) is 3.64. The van der Waals surface area contributed by atoms with Gasteiger partial charge in [-0.2, -0.15) is 0 Å². The van der Waals surface area contributed by atoms with Crippen LogP contribution in [0.25, 0.3) is 0 Å². The topological polar surface area (TPSA) is 49.4 Å². The van der Waals surface area contributed by atoms with Crippen LogP contribution < -0.4 is 5.32 Å². The highest BCUT2D eigenvalue weighted by Crippen LogP contribution is 2.25. The number of amides is 2. The maximum atomic E-state index is 13.0. The number of anilines is 1. The molecular weight excluding hydrogens is 295 g/mol. The van der Waals surface area contributed by atoms with E-state index in [1.165, 1.54) is 12.1 Å². The fourth-order valence-electron chi connectivity index (χ4n) is 2.47. The van der Waals surface area contributed by atoms with Gasteiger partial charge >= 0.3 is 0 Å². The number of carbonyl (C=O) groups excluding carboxylic acids is 2. The van der Waals surface area contributed by atoms with Crippen molar-refractivity contribution in [1.29, 1.82) is 0 Å². The number of hydrogen-bond donors (Lipinski definition) is 1. The second-order valence-electron chi connectivity index (χ2n) is 5.15. The number of nitrogens with zero attached hydrogens (tertiary/aromatic N) is 1. The summed E-state index contributed by atoms with van der Waals surface area (Å²) in [7, 11) is 0. The summed E-state index contributed by atoms with van der Waals surface area (Å²) in [4.78, 5) is 25.7. The highest BCUT2D eigenvalue weighted by molar-refractivity contribution is 6.33. The molecule has 0 bridgehead atoms. The zero-order valence-electron chi connectivity index (χ0n) is 11.9. The summed E-state index contributed by atoms with van der Waals surface area (Å²) in [5.74, 6) is -0.824. The van der Waals surface area contributed by atoms with E-state index < -0.39 is 5.82 Å². The van der Waals surface area contributed by atoms with E-state index in [-0.39, 0.29) is 22.8 Å². The fraction of sp³-hybridized carbons (Fsp3) is 0.467. The predicted molar refractivity (Wildman–Crippen MR) is 79.6 cm³/mol. The number of halogens is 2. The Morgan fingerprint density at radius 1 is 1.48 bits per heavy atom. The first-order valence-electron chi connectivity index (χ1n) is 7.05. The van der Waals surface area contributed by atoms with Crippen LogP contribution in [-0.2, 0) is 9.59 Å². The quantitative estimate of drug-likeness (QED) is 0.932. The minimum atomic E-state index is -0.449. The van der Waals surface area contributed by atoms with Crippen LogP contribution in [0.3, 0.4) is 0 Å². The molecule has 2 amide bonds. The standard InChI is InChI=1S/C15H18ClFN2O2/c1-2-14(20)19-7-3-4-10(9-19)15(21)18-13-6-5-11(17)8-12(13)16/h5-6,8,10H,2-4,7,9H2,1H3,(H,18,21). The second kappa shape index (κ2) is 6.89. The molecule has 1 fully saturated rings. The van der Waals surface area contributed by atoms with Crippen molar-refractivity contribution in [3.63, 3.8) is 0 Å². The minimum Gasteiger partial charge on any atom is -0.342 e. The van der Waals surface area contributed by atoms with Gasteiger partial charge in [-0.15, -0.1) is 0 Å². The molecule has 1 aromatic carbocycles. The molecule has 0 aromatic heterocycles. The Balaban J connectivity index is 2.01. The van der Waals surface area contributed by atoms with Crippen LogP contribution in [0.15, 0.2) is 18.2 Å². The fourth-order valence-corrected chi connectivity index (χ4v) is 2.68. The summed E-state index contributed by atoms with van der Waals surface area (Å²) >= 11 is 5.89. The first-order chi connectivity index (χ1) is 10.0. The van der Waals surface area contributed by atoms with Crippen molar-refractivity contribution in [1.82, 2.24) is 4.90 Å². The van der Waals surface area contributed by atoms with E-state index in [2.05, 4.69) is 5.32 Å². The molecule has 4 nitrogen and oxygen atoms in total. The summed E-state index contributed by atoms with van der Waals surface area (Å²) in [5, 5.41) is 2.88. The van der Waals surface area contributed by atoms with Gasteiger partial charge in [0, 0.05) is 19.5 Å². The van der Waals surface area contributed by atoms with Crippen molar-refractivity contribution in [2.45, 2.75) is 26.2 Å². The third kappa shape index (κ3) is 3.94. The lowest BCUT2D eigenvalue weighted by atomic mass is 9.96. The van der Waals surface area contributed by atoms with Gasteiger partial charge in [0.2, 0.25) is 11.8 Å². The normalized spacial score (nSPS) is 18.4. The molecule has 1 aliphatic heterocycles. The summed E-state index contributed by atoms with van der Waals surface area (Å²) in [5.41, 5.74) is 0.391. The van der Waals surface area contributed by atoms with Crippen LogP contribution in [0.5, 0.6) is 0 Å². The SMILES string of the molecule is CCC(=O)N1CCCC(C(=O)Nc2ccc(F)cc2Cl)C1. The number of benzene rings is 1. The summed E-state index contributed by atoms with van der Waals surface area (Å²) in [6.07, 6.45) is 1.98. The molecule has 6 heteroatoms. The molecule has 1 heterocycles. The van der Waals surface area contributed by atoms with Gasteiger partial charge in [0.15, 0.2) is 0 Å². The average molecular weight is 313 g/mol. The Kier molecular flexibility index (Phi) is 5.17. The van der Waals surface area contributed by atoms with Crippen LogP contribution in [0.2, 0.25) is 5.02 Å². The molecule has 0 saturated carbocycles. The van der Waals surface area contributed by atoms with Crippen molar-refractivity contribution in [2.75, 3.05) is 18.4 Å². The number of rotatable bonds is 3. The second-order valence-corrected chi connectivity index (χ2v) is 5.55. The van der Waals surface area contributed by atoms with Crippen LogP contribution in [-0.4, -0.2) is 29.8 Å². The summed E-state index contributed by atoms with van der Waals surface area (Å²) < 4.78 is 13.0. The monoisotopic (exact) mass is 312 g/mol. The summed E-state index contributed by atoms with van der Waals surface area (Å²) in [6, 6.07) is 3.84. The van der Waals surface area contributed by atoms with Crippen molar-refractivity contribution >= 4 is 29.1 Å². The van der Waals surface area contributed by atoms with Crippen molar-refractivity contribution < 1.29 is 14.0 Å². The molecule has 2 rings (SSSR count). The van der Waals surface area contributed by atoms with Gasteiger partial charge in [0.25, 0.3) is 0 Å². The van der Waals surface area contributed by atoms with Gasteiger partial charge in [0.1, 0.15) is 5.82 Å². The zero-order valence-corrected chi connectivity index (χ0v) is 12.6. The number of likely N-dealkylation sites (tertiary alicyclic amines) is 1. The number of hydrogen-bond acceptors (Lipinski definition) is 2. The van der Waals surface area contributed by atoms with Gasteiger partial charge in [-0.05, 0) is 31.0 Å². The lowest BCUT2D eigenvalue weighted by Gasteiger charge is -2.32. The minimum absolute atomic E-state index is 0.0623. The largest absolute Gasteiger partial charge is 0.342 e. The number of piperidine rings is 1. The molecule has 114 valence electrons. The molecular formula is C15H18ClFN2O2. The number of carbonyl (C=O) groups is 2. The molecule has 21 heavy (non-hydrogen) atoms. The third-order valence-corrected chi connectivity index (χ3v) is 3.95. The molecule has 1 aliphatic rings. The predicted octanol–water partition coefficient (Wildman–Crippen LogP) is 3.07. The van der Waals surface area contributed by atoms with E-state index >= 15 is 0 Å². The Morgan fingerprint density at radius 3 is 2.90 bits per heavy atom. The Morgan fingerprint density at radius 2 is 2.24 bits per heavy atom. The van der Waals surface area contributed by atoms with Crippen LogP contribution >= 0.6 is 11.6 Å². The van der Waals surface area contributed by atoms with Crippen LogP contribution in [0, 0.1) is 11.7 Å². The molecule has 1 unspecified atom stereocenters. The van der Waals surface area contributed by atoms with E-state index in [1.54, 1.807) is 4.90 Å². The van der Waals surface area contributed by atoms with Gasteiger partial charge in [-0.1, -0.05) is 18.5 Å². The van der Waals surface area contributed by atoms with Gasteiger partial charge in [-0.3, -0.25) is 9.59 Å². The zero-order chi connectivity index (χ0) is 15.4. The highest BCUT2D eigenvalue weighted by atomic mass is 35.5. The van der Waals surface area contributed by atoms with Crippen molar-refractivity contribution in [2.24, 2.45) is 5.92 Å². The molecule has 1 N–H and O–H groups in total. The molecule has 0 spiro atoms. The Labute approximate surface area is 128 Å². The van der Waals surface area contributed by atoms with Gasteiger partial charge < -0.3 is 10.2 Å². The first-order valence-corrected chi connectivity index (χ1v) is 7.42. The van der Waals surface area contributed by atoms with Gasteiger partial charge in [-0.25, -0.2) is 4.39 Å². The maximum Gasteiger partial charge on any atom is 0.229 e. The van der Waals surface area contributed by atoms with E-state index in [0.29, 0.717) is 25.2 Å². The van der Waals surface area contributed by atoms with Crippen LogP contribution in [0.4, 0.5) is 10.1 Å². The van der Waals surface area contributed by atoms with Crippen molar-refractivity contribution in [3.05, 3.63) is 29.0 Å². The molecule has 1 saturated heterocycles. The Hall–Kier alpha value is -1.62. The van der Waals surface area contributed by atoms with E-state index in [4.69, 9.17) is 11.6 Å². The van der Waals surface area contributed by atoms with E-state index in [9.17, 15) is 14.0 Å². The van der Waals surface area contributed by atoms with E-state index in [0.717, 1.165) is 18.9 Å². The first kappa shape index (κ1) is 15.8. The molecule has 1 atom stereocenters. The maximum absolute atomic E-state index is 13.0. The Bertz CT molecular complexity index is 550. The molecule has 0 aliphatic carbocycles. The lowest BCUT2D eigenvalue weighted by Crippen LogP contribution is -2.43. The smallest absolute Gasteiger partial charge is 0.229 e. The molecule has 0 radical (unpaired) electrons. The van der Waals surface area contributed by atoms with Crippen molar-refractivity contribution in [3.8, 4) is 0 Å². The highest BCUT2D eigenvalue weighted by Gasteiger charge is 2.28. The lowest BCUT2D eigenvalue weighted by molar-refractivity contribution is -0.134. The number of nitrogens with one attached hydrogen (secondary N) is 1. The molecule has 1 aromatic rings. The summed E-state index contributed by atoms with van der Waals surface area (Å²) in [6.45, 7) is 2.94. The van der Waals surface area contributed by atoms with E-state index in [1.807, 2.05) is 6.92 Å².